The van der Waals surface area contributed by atoms with Gasteiger partial charge in [0.05, 0.1) is 19.3 Å². The Kier molecular flexibility index (Phi) is 4.85. The monoisotopic (exact) mass is 290 g/mol. The second kappa shape index (κ2) is 6.43. The molecule has 0 saturated carbocycles. The topological polar surface area (TPSA) is 47.7 Å². The molecule has 0 aliphatic carbocycles. The summed E-state index contributed by atoms with van der Waals surface area (Å²) in [6.45, 7) is 2.61. The Labute approximate surface area is 115 Å². The number of nitrogens with two attached hydrogens (primary N) is 1. The molecule has 20 heavy (non-hydrogen) atoms. The van der Waals surface area contributed by atoms with E-state index in [-0.39, 0.29) is 18.3 Å². The Balaban J connectivity index is 2.24. The van der Waals surface area contributed by atoms with E-state index in [4.69, 9.17) is 10.5 Å². The summed E-state index contributed by atoms with van der Waals surface area (Å²) in [5.74, 6) is -0.193. The van der Waals surface area contributed by atoms with Gasteiger partial charge >= 0.3 is 6.36 Å². The molecule has 1 aliphatic rings. The standard InChI is InChI=1S/C13H17F3N2O2/c14-13(15,16)20-12-4-2-1-3-10(12)11(9-17)18-5-7-19-8-6-18/h1-4,11H,5-9,17H2/t11-/m0/s1. The lowest BCUT2D eigenvalue weighted by atomic mass is 10.0. The first-order chi connectivity index (χ1) is 9.51. The van der Waals surface area contributed by atoms with E-state index in [1.807, 2.05) is 4.90 Å². The Bertz CT molecular complexity index is 434. The second-order valence-corrected chi connectivity index (χ2v) is 4.49. The minimum absolute atomic E-state index is 0.193. The average molecular weight is 290 g/mol. The third kappa shape index (κ3) is 3.84. The Morgan fingerprint density at radius 2 is 1.90 bits per heavy atom. The van der Waals surface area contributed by atoms with Crippen molar-refractivity contribution in [3.8, 4) is 5.75 Å². The van der Waals surface area contributed by atoms with Crippen LogP contribution in [0.15, 0.2) is 24.3 Å². The number of rotatable bonds is 4. The van der Waals surface area contributed by atoms with Gasteiger partial charge in [-0.05, 0) is 6.07 Å². The first kappa shape index (κ1) is 15.1. The van der Waals surface area contributed by atoms with Gasteiger partial charge in [0.1, 0.15) is 5.75 Å². The molecule has 112 valence electrons. The number of ether oxygens (including phenoxy) is 2. The van der Waals surface area contributed by atoms with Gasteiger partial charge in [-0.1, -0.05) is 18.2 Å². The number of morpholine rings is 1. The molecule has 2 rings (SSSR count). The quantitative estimate of drug-likeness (QED) is 0.920. The van der Waals surface area contributed by atoms with Crippen LogP contribution in [-0.2, 0) is 4.74 Å². The van der Waals surface area contributed by atoms with Gasteiger partial charge in [0.15, 0.2) is 0 Å². The lowest BCUT2D eigenvalue weighted by molar-refractivity contribution is -0.275. The molecular formula is C13H17F3N2O2. The van der Waals surface area contributed by atoms with Crippen LogP contribution in [0.2, 0.25) is 0 Å². The lowest BCUT2D eigenvalue weighted by Crippen LogP contribution is -2.42. The van der Waals surface area contributed by atoms with E-state index < -0.39 is 6.36 Å². The molecule has 0 spiro atoms. The third-order valence-corrected chi connectivity index (χ3v) is 3.21. The van der Waals surface area contributed by atoms with Crippen molar-refractivity contribution in [2.24, 2.45) is 5.73 Å². The summed E-state index contributed by atoms with van der Waals surface area (Å²) in [7, 11) is 0. The van der Waals surface area contributed by atoms with E-state index in [9.17, 15) is 13.2 Å². The number of hydrogen-bond acceptors (Lipinski definition) is 4. The second-order valence-electron chi connectivity index (χ2n) is 4.49. The maximum atomic E-state index is 12.4. The molecule has 0 aromatic heterocycles. The molecule has 0 unspecified atom stereocenters. The Morgan fingerprint density at radius 1 is 1.25 bits per heavy atom. The molecule has 1 heterocycles. The maximum absolute atomic E-state index is 12.4. The van der Waals surface area contributed by atoms with Crippen molar-refractivity contribution < 1.29 is 22.6 Å². The fraction of sp³-hybridized carbons (Fsp3) is 0.538. The van der Waals surface area contributed by atoms with E-state index in [1.165, 1.54) is 12.1 Å². The number of hydrogen-bond donors (Lipinski definition) is 1. The molecule has 1 saturated heterocycles. The van der Waals surface area contributed by atoms with E-state index in [1.54, 1.807) is 12.1 Å². The van der Waals surface area contributed by atoms with Crippen LogP contribution in [0.3, 0.4) is 0 Å². The van der Waals surface area contributed by atoms with Crippen molar-refractivity contribution in [2.75, 3.05) is 32.8 Å². The van der Waals surface area contributed by atoms with Crippen molar-refractivity contribution in [1.29, 1.82) is 0 Å². The molecule has 0 amide bonds. The lowest BCUT2D eigenvalue weighted by Gasteiger charge is -2.34. The fourth-order valence-electron chi connectivity index (χ4n) is 2.34. The molecule has 1 aromatic carbocycles. The highest BCUT2D eigenvalue weighted by Crippen LogP contribution is 2.32. The van der Waals surface area contributed by atoms with Crippen LogP contribution in [0.4, 0.5) is 13.2 Å². The van der Waals surface area contributed by atoms with Gasteiger partial charge in [0.2, 0.25) is 0 Å². The molecule has 1 fully saturated rings. The number of halogens is 3. The summed E-state index contributed by atoms with van der Waals surface area (Å²) < 4.78 is 46.7. The highest BCUT2D eigenvalue weighted by molar-refractivity contribution is 5.36. The normalized spacial score (nSPS) is 18.8. The predicted molar refractivity (Wildman–Crippen MR) is 67.3 cm³/mol. The minimum Gasteiger partial charge on any atom is -0.405 e. The molecule has 1 aromatic rings. The molecule has 1 aliphatic heterocycles. The molecular weight excluding hydrogens is 273 g/mol. The molecule has 4 nitrogen and oxygen atoms in total. The third-order valence-electron chi connectivity index (χ3n) is 3.21. The zero-order valence-electron chi connectivity index (χ0n) is 10.9. The highest BCUT2D eigenvalue weighted by Gasteiger charge is 2.33. The van der Waals surface area contributed by atoms with Gasteiger partial charge in [-0.3, -0.25) is 4.90 Å². The number of benzene rings is 1. The van der Waals surface area contributed by atoms with Crippen LogP contribution in [0.1, 0.15) is 11.6 Å². The Hall–Kier alpha value is -1.31. The van der Waals surface area contributed by atoms with Gasteiger partial charge in [0, 0.05) is 25.2 Å². The number of alkyl halides is 3. The van der Waals surface area contributed by atoms with Crippen LogP contribution in [-0.4, -0.2) is 44.1 Å². The molecule has 2 N–H and O–H groups in total. The van der Waals surface area contributed by atoms with Crippen molar-refractivity contribution in [2.45, 2.75) is 12.4 Å². The van der Waals surface area contributed by atoms with Crippen LogP contribution in [0, 0.1) is 0 Å². The zero-order valence-corrected chi connectivity index (χ0v) is 10.9. The summed E-state index contributed by atoms with van der Waals surface area (Å²) in [5.41, 5.74) is 6.20. The van der Waals surface area contributed by atoms with Gasteiger partial charge in [-0.25, -0.2) is 0 Å². The summed E-state index contributed by atoms with van der Waals surface area (Å²) in [6.07, 6.45) is -4.71. The van der Waals surface area contributed by atoms with E-state index in [0.29, 0.717) is 31.9 Å². The predicted octanol–water partition coefficient (Wildman–Crippen LogP) is 1.92. The van der Waals surface area contributed by atoms with Crippen molar-refractivity contribution >= 4 is 0 Å². The fourth-order valence-corrected chi connectivity index (χ4v) is 2.34. The summed E-state index contributed by atoms with van der Waals surface area (Å²) in [5, 5.41) is 0. The van der Waals surface area contributed by atoms with Crippen molar-refractivity contribution in [3.05, 3.63) is 29.8 Å². The largest absolute Gasteiger partial charge is 0.573 e. The van der Waals surface area contributed by atoms with E-state index >= 15 is 0 Å². The van der Waals surface area contributed by atoms with Gasteiger partial charge in [-0.15, -0.1) is 13.2 Å². The SMILES string of the molecule is NC[C@@H](c1ccccc1OC(F)(F)F)N1CCOCC1. The number of nitrogens with zero attached hydrogens (tertiary/aromatic N) is 1. The van der Waals surface area contributed by atoms with Crippen LogP contribution < -0.4 is 10.5 Å². The summed E-state index contributed by atoms with van der Waals surface area (Å²) in [6, 6.07) is 5.82. The smallest absolute Gasteiger partial charge is 0.405 e. The van der Waals surface area contributed by atoms with E-state index in [2.05, 4.69) is 4.74 Å². The molecule has 0 bridgehead atoms. The maximum Gasteiger partial charge on any atom is 0.573 e. The van der Waals surface area contributed by atoms with Crippen LogP contribution in [0.25, 0.3) is 0 Å². The molecule has 7 heteroatoms. The highest BCUT2D eigenvalue weighted by atomic mass is 19.4. The summed E-state index contributed by atoms with van der Waals surface area (Å²) in [4.78, 5) is 2.02. The van der Waals surface area contributed by atoms with Gasteiger partial charge < -0.3 is 15.2 Å². The van der Waals surface area contributed by atoms with Crippen molar-refractivity contribution in [1.82, 2.24) is 4.90 Å². The summed E-state index contributed by atoms with van der Waals surface area (Å²) >= 11 is 0. The minimum atomic E-state index is -4.71. The first-order valence-electron chi connectivity index (χ1n) is 6.38. The average Bonchev–Trinajstić information content (AvgIpc) is 2.41. The Morgan fingerprint density at radius 3 is 2.50 bits per heavy atom. The van der Waals surface area contributed by atoms with Crippen LogP contribution >= 0.6 is 0 Å². The zero-order chi connectivity index (χ0) is 14.6. The van der Waals surface area contributed by atoms with Crippen LogP contribution in [0.5, 0.6) is 5.75 Å². The molecule has 0 radical (unpaired) electrons. The van der Waals surface area contributed by atoms with E-state index in [0.717, 1.165) is 0 Å². The first-order valence-corrected chi connectivity index (χ1v) is 6.38. The van der Waals surface area contributed by atoms with Gasteiger partial charge in [-0.2, -0.15) is 0 Å². The van der Waals surface area contributed by atoms with Gasteiger partial charge in [0.25, 0.3) is 0 Å². The number of para-hydroxylation sites is 1. The molecule has 1 atom stereocenters. The van der Waals surface area contributed by atoms with Crippen molar-refractivity contribution in [3.63, 3.8) is 0 Å².